The molecule has 10 heteroatoms. The van der Waals surface area contributed by atoms with Gasteiger partial charge in [0.25, 0.3) is 0 Å². The number of benzene rings is 1. The third-order valence-electron chi connectivity index (χ3n) is 10.1. The molecule has 230 valence electrons. The summed E-state index contributed by atoms with van der Waals surface area (Å²) in [7, 11) is 0. The van der Waals surface area contributed by atoms with Crippen molar-refractivity contribution >= 4 is 34.8 Å². The van der Waals surface area contributed by atoms with Crippen LogP contribution in [0.5, 0.6) is 0 Å². The van der Waals surface area contributed by atoms with E-state index in [1.807, 2.05) is 31.2 Å². The van der Waals surface area contributed by atoms with Gasteiger partial charge in [-0.05, 0) is 80.9 Å². The van der Waals surface area contributed by atoms with Crippen LogP contribution in [-0.2, 0) is 30.5 Å². The number of halogens is 2. The highest BCUT2D eigenvalue weighted by Gasteiger charge is 2.69. The molecular formula is C31H47Cl2N3O5. The normalized spacial score (nSPS) is 36.7. The molecule has 8 nitrogen and oxygen atoms in total. The Labute approximate surface area is 254 Å². The zero-order chi connectivity index (χ0) is 29.2. The summed E-state index contributed by atoms with van der Waals surface area (Å²) in [6.45, 7) is 8.59. The van der Waals surface area contributed by atoms with Gasteiger partial charge in [-0.15, -0.1) is 23.2 Å². The van der Waals surface area contributed by atoms with Gasteiger partial charge in [-0.1, -0.05) is 26.0 Å². The van der Waals surface area contributed by atoms with E-state index in [4.69, 9.17) is 48.2 Å². The molecule has 1 amide bonds. The second-order valence-corrected chi connectivity index (χ2v) is 13.5. The molecule has 1 spiro atoms. The van der Waals surface area contributed by atoms with E-state index in [0.717, 1.165) is 56.4 Å². The average molecular weight is 613 g/mol. The van der Waals surface area contributed by atoms with Crippen molar-refractivity contribution in [2.75, 3.05) is 36.3 Å². The first-order valence-corrected chi connectivity index (χ1v) is 16.5. The number of alkyl halides is 2. The number of nitrogens with one attached hydrogen (secondary N) is 1. The number of hydrogen-bond donors (Lipinski definition) is 2. The number of fused-ring (bicyclic) bond motifs is 2. The predicted octanol–water partition coefficient (Wildman–Crippen LogP) is 4.99. The fourth-order valence-electron chi connectivity index (χ4n) is 7.72. The van der Waals surface area contributed by atoms with Crippen molar-refractivity contribution in [3.05, 3.63) is 29.8 Å². The molecule has 41 heavy (non-hydrogen) atoms. The first-order valence-electron chi connectivity index (χ1n) is 15.4. The summed E-state index contributed by atoms with van der Waals surface area (Å²) in [5, 5.41) is 3.03. The molecule has 1 aliphatic carbocycles. The second kappa shape index (κ2) is 13.2. The Kier molecular flexibility index (Phi) is 10.1. The van der Waals surface area contributed by atoms with Crippen LogP contribution in [0.15, 0.2) is 24.3 Å². The van der Waals surface area contributed by atoms with E-state index >= 15 is 0 Å². The fourth-order valence-corrected chi connectivity index (χ4v) is 8.13. The summed E-state index contributed by atoms with van der Waals surface area (Å²) in [6.07, 6.45) is 5.85. The largest absolute Gasteiger partial charge is 0.369 e. The van der Waals surface area contributed by atoms with Crippen molar-refractivity contribution < 1.29 is 24.0 Å². The summed E-state index contributed by atoms with van der Waals surface area (Å²) >= 11 is 11.9. The number of nitrogens with two attached hydrogens (primary N) is 1. The fraction of sp³-hybridized carbons (Fsp3) is 0.774. The molecule has 2 bridgehead atoms. The van der Waals surface area contributed by atoms with E-state index in [-0.39, 0.29) is 12.0 Å². The Balaban J connectivity index is 1.11. The van der Waals surface area contributed by atoms with Crippen molar-refractivity contribution in [2.24, 2.45) is 29.4 Å². The molecule has 6 rings (SSSR count). The monoisotopic (exact) mass is 611 g/mol. The highest BCUT2D eigenvalue weighted by Crippen LogP contribution is 2.60. The van der Waals surface area contributed by atoms with Crippen molar-refractivity contribution in [1.82, 2.24) is 5.32 Å². The van der Waals surface area contributed by atoms with Gasteiger partial charge >= 0.3 is 0 Å². The Morgan fingerprint density at radius 3 is 2.54 bits per heavy atom. The molecule has 4 aliphatic heterocycles. The number of carbonyl (C=O) groups excluding carboxylic acids is 1. The third kappa shape index (κ3) is 6.40. The molecule has 1 aromatic carbocycles. The lowest BCUT2D eigenvalue weighted by Crippen LogP contribution is -2.70. The maximum Gasteiger partial charge on any atom is 0.237 e. The van der Waals surface area contributed by atoms with E-state index in [2.05, 4.69) is 24.1 Å². The van der Waals surface area contributed by atoms with Gasteiger partial charge in [-0.2, -0.15) is 0 Å². The van der Waals surface area contributed by atoms with Gasteiger partial charge in [-0.25, -0.2) is 9.78 Å². The highest BCUT2D eigenvalue weighted by molar-refractivity contribution is 6.18. The molecule has 3 unspecified atom stereocenters. The second-order valence-electron chi connectivity index (χ2n) is 12.7. The lowest BCUT2D eigenvalue weighted by Gasteiger charge is -2.60. The van der Waals surface area contributed by atoms with E-state index in [0.29, 0.717) is 48.4 Å². The SMILES string of the molecule is C[C@H]1[C@@H](CCCNC(=O)[C@H](N)Cc2ccc(N(CCCl)CCCl)cc2)O[C@@H]2OC3(C)CCC4[C@H](C)CC[C@@H]1C42OO3. The Morgan fingerprint density at radius 1 is 1.10 bits per heavy atom. The number of nitrogens with zero attached hydrogens (tertiary/aromatic N) is 1. The first-order chi connectivity index (χ1) is 19.7. The molecule has 0 radical (unpaired) electrons. The Bertz CT molecular complexity index is 1030. The van der Waals surface area contributed by atoms with Crippen LogP contribution in [0.3, 0.4) is 0 Å². The Hall–Kier alpha value is -1.13. The van der Waals surface area contributed by atoms with Crippen LogP contribution < -0.4 is 16.0 Å². The van der Waals surface area contributed by atoms with Crippen LogP contribution in [-0.4, -0.2) is 67.1 Å². The minimum absolute atomic E-state index is 0.0393. The number of carbonyl (C=O) groups is 1. The van der Waals surface area contributed by atoms with Gasteiger partial charge in [0.1, 0.15) is 0 Å². The van der Waals surface area contributed by atoms with Gasteiger partial charge < -0.3 is 25.4 Å². The smallest absolute Gasteiger partial charge is 0.237 e. The van der Waals surface area contributed by atoms with Gasteiger partial charge in [0.2, 0.25) is 11.7 Å². The lowest BCUT2D eigenvalue weighted by molar-refractivity contribution is -0.571. The topological polar surface area (TPSA) is 95.3 Å². The van der Waals surface area contributed by atoms with Gasteiger partial charge in [0.15, 0.2) is 11.9 Å². The number of ether oxygens (including phenoxy) is 2. The summed E-state index contributed by atoms with van der Waals surface area (Å²) in [5.74, 6) is 1.72. The van der Waals surface area contributed by atoms with Crippen LogP contribution in [0, 0.1) is 23.7 Å². The van der Waals surface area contributed by atoms with Crippen molar-refractivity contribution in [1.29, 1.82) is 0 Å². The lowest BCUT2D eigenvalue weighted by atomic mass is 9.57. The zero-order valence-electron chi connectivity index (χ0n) is 24.7. The number of amides is 1. The molecule has 5 fully saturated rings. The maximum absolute atomic E-state index is 12.8. The third-order valence-corrected chi connectivity index (χ3v) is 10.4. The molecular weight excluding hydrogens is 565 g/mol. The molecule has 4 saturated heterocycles. The molecule has 3 N–H and O–H groups in total. The van der Waals surface area contributed by atoms with Crippen LogP contribution >= 0.6 is 23.2 Å². The summed E-state index contributed by atoms with van der Waals surface area (Å²) in [4.78, 5) is 27.1. The van der Waals surface area contributed by atoms with E-state index < -0.39 is 23.7 Å². The molecule has 1 aromatic rings. The minimum atomic E-state index is -0.763. The summed E-state index contributed by atoms with van der Waals surface area (Å²) < 4.78 is 13.1. The van der Waals surface area contributed by atoms with Gasteiger partial charge in [0.05, 0.1) is 12.1 Å². The van der Waals surface area contributed by atoms with Crippen LogP contribution in [0.25, 0.3) is 0 Å². The first kappa shape index (κ1) is 31.3. The summed E-state index contributed by atoms with van der Waals surface area (Å²) in [6, 6.07) is 7.48. The number of hydrogen-bond acceptors (Lipinski definition) is 7. The maximum atomic E-state index is 12.8. The zero-order valence-corrected chi connectivity index (χ0v) is 26.2. The minimum Gasteiger partial charge on any atom is -0.369 e. The molecule has 4 heterocycles. The average Bonchev–Trinajstić information content (AvgIpc) is 3.19. The van der Waals surface area contributed by atoms with E-state index in [9.17, 15) is 4.79 Å². The Morgan fingerprint density at radius 2 is 1.83 bits per heavy atom. The number of rotatable bonds is 12. The molecule has 1 saturated carbocycles. The quantitative estimate of drug-likeness (QED) is 0.195. The van der Waals surface area contributed by atoms with Crippen molar-refractivity contribution in [2.45, 2.75) is 95.5 Å². The molecule has 9 atom stereocenters. The molecule has 0 aromatic heterocycles. The van der Waals surface area contributed by atoms with Crippen molar-refractivity contribution in [3.8, 4) is 0 Å². The van der Waals surface area contributed by atoms with Crippen molar-refractivity contribution in [3.63, 3.8) is 0 Å². The molecule has 5 aliphatic rings. The van der Waals surface area contributed by atoms with Crippen LogP contribution in [0.2, 0.25) is 0 Å². The van der Waals surface area contributed by atoms with Crippen LogP contribution in [0.4, 0.5) is 5.69 Å². The van der Waals surface area contributed by atoms with Crippen LogP contribution in [0.1, 0.15) is 64.9 Å². The standard InChI is InChI=1S/C31H47Cl2N3O5/c1-20-6-11-25-21(2)27(38-29-31(25)24(20)12-13-30(3,39-29)40-41-31)5-4-16-35-28(37)26(34)19-22-7-9-23(10-8-22)36(17-14-32)18-15-33/h7-10,20-21,24-27,29H,4-6,11-19,34H2,1-3H3,(H,35,37)/t20-,21-,24?,25+,26-,27-,29-,30?,31?/m1/s1. The van der Waals surface area contributed by atoms with Gasteiger partial charge in [0, 0.05) is 49.4 Å². The van der Waals surface area contributed by atoms with Gasteiger partial charge in [-0.3, -0.25) is 4.79 Å². The highest BCUT2D eigenvalue weighted by atomic mass is 35.5. The van der Waals surface area contributed by atoms with E-state index in [1.54, 1.807) is 0 Å². The van der Waals surface area contributed by atoms with E-state index in [1.165, 1.54) is 6.42 Å². The number of anilines is 1. The summed E-state index contributed by atoms with van der Waals surface area (Å²) in [5.41, 5.74) is 7.81. The predicted molar refractivity (Wildman–Crippen MR) is 161 cm³/mol.